The van der Waals surface area contributed by atoms with Gasteiger partial charge in [-0.2, -0.15) is 0 Å². The summed E-state index contributed by atoms with van der Waals surface area (Å²) in [6.45, 7) is 0. The second-order valence-electron chi connectivity index (χ2n) is 12.9. The van der Waals surface area contributed by atoms with Gasteiger partial charge in [0.2, 0.25) is 0 Å². The van der Waals surface area contributed by atoms with E-state index in [1.54, 1.807) is 28.4 Å². The van der Waals surface area contributed by atoms with Crippen LogP contribution in [0.2, 0.25) is 0 Å². The summed E-state index contributed by atoms with van der Waals surface area (Å²) in [7, 11) is 6.74. The number of nitrogens with zero attached hydrogens (tertiary/aromatic N) is 2. The Labute approximate surface area is 336 Å². The van der Waals surface area contributed by atoms with Gasteiger partial charge in [0, 0.05) is 53.6 Å². The van der Waals surface area contributed by atoms with Crippen LogP contribution in [0.5, 0.6) is 23.0 Å². The van der Waals surface area contributed by atoms with Crippen molar-refractivity contribution in [2.24, 2.45) is 0 Å². The molecule has 2 aromatic heterocycles. The van der Waals surface area contributed by atoms with Gasteiger partial charge in [-0.15, -0.1) is 22.7 Å². The SMILES string of the molecule is COc1ccc(N(c2ccc(OC)cc2)c2ccc(-c3ccc(-c4ccc(-c5ccc(N(c6ccc(OC)cc6)c6ccc(OC)cc6)cc5)s4)s3)cc2)cc1. The predicted octanol–water partition coefficient (Wildman–Crippen LogP) is 13.8. The molecule has 0 aliphatic rings. The normalized spacial score (nSPS) is 10.9. The average molecular weight is 773 g/mol. The molecular weight excluding hydrogens is 733 g/mol. The number of methoxy groups -OCH3 is 4. The van der Waals surface area contributed by atoms with Gasteiger partial charge in [-0.25, -0.2) is 0 Å². The molecule has 0 aliphatic carbocycles. The molecule has 0 unspecified atom stereocenters. The maximum atomic E-state index is 5.42. The van der Waals surface area contributed by atoms with Crippen molar-refractivity contribution in [1.29, 1.82) is 0 Å². The fraction of sp³-hybridized carbons (Fsp3) is 0.0833. The first-order valence-electron chi connectivity index (χ1n) is 18.1. The van der Waals surface area contributed by atoms with Crippen molar-refractivity contribution in [3.8, 4) is 53.6 Å². The zero-order valence-electron chi connectivity index (χ0n) is 31.5. The maximum absolute atomic E-state index is 5.42. The molecule has 0 aliphatic heterocycles. The zero-order valence-corrected chi connectivity index (χ0v) is 33.1. The van der Waals surface area contributed by atoms with Gasteiger partial charge in [-0.3, -0.25) is 0 Å². The van der Waals surface area contributed by atoms with Gasteiger partial charge in [-0.1, -0.05) is 24.3 Å². The minimum absolute atomic E-state index is 0.820. The van der Waals surface area contributed by atoms with Crippen molar-refractivity contribution in [3.63, 3.8) is 0 Å². The molecule has 0 atom stereocenters. The van der Waals surface area contributed by atoms with Gasteiger partial charge in [0.05, 0.1) is 28.4 Å². The standard InChI is InChI=1S/C48H40N2O4S2/c1-51-41-21-13-37(14-22-41)49(38-15-23-42(52-2)24-16-38)35-9-5-33(6-10-35)45-29-31-47(55-45)48-32-30-46(56-48)34-7-11-36(12-8-34)50(39-17-25-43(53-3)26-18-39)40-19-27-44(54-4)28-20-40/h5-32H,1-4H3. The smallest absolute Gasteiger partial charge is 0.119 e. The van der Waals surface area contributed by atoms with Gasteiger partial charge in [0.25, 0.3) is 0 Å². The minimum Gasteiger partial charge on any atom is -0.497 e. The number of benzene rings is 6. The number of thiophene rings is 2. The molecule has 8 aromatic rings. The van der Waals surface area contributed by atoms with Crippen LogP contribution in [0.25, 0.3) is 30.6 Å². The Hall–Kier alpha value is -6.48. The van der Waals surface area contributed by atoms with Gasteiger partial charge >= 0.3 is 0 Å². The van der Waals surface area contributed by atoms with Crippen LogP contribution in [0.1, 0.15) is 0 Å². The highest BCUT2D eigenvalue weighted by molar-refractivity contribution is 7.25. The fourth-order valence-electron chi connectivity index (χ4n) is 6.62. The van der Waals surface area contributed by atoms with Crippen molar-refractivity contribution >= 4 is 56.8 Å². The molecule has 278 valence electrons. The van der Waals surface area contributed by atoms with Crippen LogP contribution in [0.4, 0.5) is 34.1 Å². The molecule has 0 amide bonds. The van der Waals surface area contributed by atoms with Crippen molar-refractivity contribution in [3.05, 3.63) is 170 Å². The average Bonchev–Trinajstić information content (AvgIpc) is 3.97. The predicted molar refractivity (Wildman–Crippen MR) is 234 cm³/mol. The topological polar surface area (TPSA) is 43.4 Å². The first-order valence-corrected chi connectivity index (χ1v) is 19.7. The summed E-state index contributed by atoms with van der Waals surface area (Å²) in [5, 5.41) is 0. The van der Waals surface area contributed by atoms with Crippen LogP contribution in [-0.4, -0.2) is 28.4 Å². The maximum Gasteiger partial charge on any atom is 0.119 e. The molecule has 56 heavy (non-hydrogen) atoms. The molecule has 8 heteroatoms. The van der Waals surface area contributed by atoms with Crippen LogP contribution in [-0.2, 0) is 0 Å². The minimum atomic E-state index is 0.820. The quantitative estimate of drug-likeness (QED) is 0.116. The number of anilines is 6. The summed E-state index contributed by atoms with van der Waals surface area (Å²) >= 11 is 3.63. The Bertz CT molecular complexity index is 2220. The molecular formula is C48H40N2O4S2. The number of hydrogen-bond donors (Lipinski definition) is 0. The lowest BCUT2D eigenvalue weighted by molar-refractivity contribution is 0.414. The molecule has 0 N–H and O–H groups in total. The monoisotopic (exact) mass is 772 g/mol. The van der Waals surface area contributed by atoms with Crippen LogP contribution in [0.15, 0.2) is 170 Å². The molecule has 8 rings (SSSR count). The van der Waals surface area contributed by atoms with E-state index < -0.39 is 0 Å². The van der Waals surface area contributed by atoms with Gasteiger partial charge in [-0.05, 0) is 157 Å². The second-order valence-corrected chi connectivity index (χ2v) is 15.1. The summed E-state index contributed by atoms with van der Waals surface area (Å²) in [5.74, 6) is 3.28. The molecule has 0 bridgehead atoms. The number of ether oxygens (including phenoxy) is 4. The third kappa shape index (κ3) is 7.71. The molecule has 6 nitrogen and oxygen atoms in total. The van der Waals surface area contributed by atoms with Gasteiger partial charge in [0.1, 0.15) is 23.0 Å². The van der Waals surface area contributed by atoms with Crippen LogP contribution in [0.3, 0.4) is 0 Å². The second kappa shape index (κ2) is 16.5. The van der Waals surface area contributed by atoms with E-state index in [0.29, 0.717) is 0 Å². The van der Waals surface area contributed by atoms with Gasteiger partial charge < -0.3 is 28.7 Å². The highest BCUT2D eigenvalue weighted by Gasteiger charge is 2.16. The van der Waals surface area contributed by atoms with E-state index in [4.69, 9.17) is 18.9 Å². The lowest BCUT2D eigenvalue weighted by Gasteiger charge is -2.26. The fourth-order valence-corrected chi connectivity index (χ4v) is 8.73. The summed E-state index contributed by atoms with van der Waals surface area (Å²) in [4.78, 5) is 9.42. The zero-order chi connectivity index (χ0) is 38.4. The van der Waals surface area contributed by atoms with E-state index >= 15 is 0 Å². The van der Waals surface area contributed by atoms with E-state index in [9.17, 15) is 0 Å². The Morgan fingerprint density at radius 2 is 0.482 bits per heavy atom. The summed E-state index contributed by atoms with van der Waals surface area (Å²) in [6.07, 6.45) is 0. The first-order chi connectivity index (χ1) is 27.5. The summed E-state index contributed by atoms with van der Waals surface area (Å²) in [5.41, 5.74) is 8.64. The van der Waals surface area contributed by atoms with E-state index in [2.05, 4.69) is 131 Å². The van der Waals surface area contributed by atoms with Crippen LogP contribution >= 0.6 is 22.7 Å². The number of rotatable bonds is 13. The van der Waals surface area contributed by atoms with E-state index in [1.807, 2.05) is 71.2 Å². The molecule has 0 saturated heterocycles. The Morgan fingerprint density at radius 3 is 0.714 bits per heavy atom. The third-order valence-corrected chi connectivity index (χ3v) is 12.1. The third-order valence-electron chi connectivity index (χ3n) is 9.60. The number of hydrogen-bond acceptors (Lipinski definition) is 8. The van der Waals surface area contributed by atoms with Crippen molar-refractivity contribution in [2.45, 2.75) is 0 Å². The van der Waals surface area contributed by atoms with Crippen molar-refractivity contribution in [1.82, 2.24) is 0 Å². The van der Waals surface area contributed by atoms with Crippen molar-refractivity contribution < 1.29 is 18.9 Å². The Kier molecular flexibility index (Phi) is 10.7. The Morgan fingerprint density at radius 1 is 0.268 bits per heavy atom. The van der Waals surface area contributed by atoms with E-state index in [-0.39, 0.29) is 0 Å². The van der Waals surface area contributed by atoms with Gasteiger partial charge in [0.15, 0.2) is 0 Å². The summed E-state index contributed by atoms with van der Waals surface area (Å²) < 4.78 is 21.7. The van der Waals surface area contributed by atoms with Crippen LogP contribution < -0.4 is 28.7 Å². The van der Waals surface area contributed by atoms with E-state index in [0.717, 1.165) is 57.1 Å². The lowest BCUT2D eigenvalue weighted by atomic mass is 10.1. The van der Waals surface area contributed by atoms with Crippen molar-refractivity contribution in [2.75, 3.05) is 38.2 Å². The highest BCUT2D eigenvalue weighted by Crippen LogP contribution is 2.43. The van der Waals surface area contributed by atoms with Crippen LogP contribution in [0, 0.1) is 0 Å². The molecule has 6 aromatic carbocycles. The lowest BCUT2D eigenvalue weighted by Crippen LogP contribution is -2.09. The molecule has 0 radical (unpaired) electrons. The largest absolute Gasteiger partial charge is 0.497 e. The molecule has 2 heterocycles. The molecule has 0 fully saturated rings. The van der Waals surface area contributed by atoms with E-state index in [1.165, 1.54) is 30.6 Å². The Balaban J connectivity index is 1.02. The first kappa shape index (κ1) is 36.5. The molecule has 0 saturated carbocycles. The highest BCUT2D eigenvalue weighted by atomic mass is 32.1. The molecule has 0 spiro atoms. The summed E-state index contributed by atoms with van der Waals surface area (Å²) in [6, 6.07) is 58.9.